The molecule has 0 radical (unpaired) electrons. The molecule has 0 saturated heterocycles. The highest BCUT2D eigenvalue weighted by molar-refractivity contribution is 5.75. The summed E-state index contributed by atoms with van der Waals surface area (Å²) in [5.41, 5.74) is 4.76. The molecule has 0 fully saturated rings. The molecule has 1 aliphatic rings. The molecule has 0 unspecified atom stereocenters. The van der Waals surface area contributed by atoms with Crippen molar-refractivity contribution in [3.63, 3.8) is 0 Å². The van der Waals surface area contributed by atoms with E-state index in [9.17, 15) is 4.79 Å². The number of aryl methyl sites for hydroxylation is 3. The zero-order chi connectivity index (χ0) is 19.8. The van der Waals surface area contributed by atoms with Crippen molar-refractivity contribution in [1.29, 1.82) is 0 Å². The number of amides is 1. The van der Waals surface area contributed by atoms with E-state index >= 15 is 0 Å². The summed E-state index contributed by atoms with van der Waals surface area (Å²) in [6.07, 6.45) is 11.4. The van der Waals surface area contributed by atoms with Crippen molar-refractivity contribution >= 4 is 5.91 Å². The lowest BCUT2D eigenvalue weighted by Gasteiger charge is -2.12. The SMILES string of the molecule is CCc1ccc(-c2nc(CCCC(=O)NCCC3=CCCCC3)c(C)o2)cc1. The first-order valence-electron chi connectivity index (χ1n) is 10.7. The van der Waals surface area contributed by atoms with Crippen LogP contribution in [0.25, 0.3) is 11.5 Å². The van der Waals surface area contributed by atoms with E-state index in [4.69, 9.17) is 4.42 Å². The van der Waals surface area contributed by atoms with Crippen molar-refractivity contribution in [3.8, 4) is 11.5 Å². The van der Waals surface area contributed by atoms with Gasteiger partial charge in [0.2, 0.25) is 11.8 Å². The second kappa shape index (κ2) is 10.3. The number of carbonyl (C=O) groups is 1. The molecular formula is C24H32N2O2. The van der Waals surface area contributed by atoms with Gasteiger partial charge in [-0.15, -0.1) is 0 Å². The predicted octanol–water partition coefficient (Wildman–Crippen LogP) is 5.54. The second-order valence-corrected chi connectivity index (χ2v) is 7.63. The maximum absolute atomic E-state index is 12.1. The fraction of sp³-hybridized carbons (Fsp3) is 0.500. The first kappa shape index (κ1) is 20.4. The van der Waals surface area contributed by atoms with Gasteiger partial charge in [-0.2, -0.15) is 0 Å². The van der Waals surface area contributed by atoms with E-state index < -0.39 is 0 Å². The number of rotatable bonds is 9. The van der Waals surface area contributed by atoms with Crippen LogP contribution >= 0.6 is 0 Å². The third-order valence-corrected chi connectivity index (χ3v) is 5.47. The van der Waals surface area contributed by atoms with Crippen molar-refractivity contribution in [2.45, 2.75) is 71.6 Å². The van der Waals surface area contributed by atoms with Gasteiger partial charge in [-0.25, -0.2) is 4.98 Å². The molecule has 1 amide bonds. The summed E-state index contributed by atoms with van der Waals surface area (Å²) >= 11 is 0. The number of nitrogens with zero attached hydrogens (tertiary/aromatic N) is 1. The van der Waals surface area contributed by atoms with Crippen molar-refractivity contribution < 1.29 is 9.21 Å². The zero-order valence-electron chi connectivity index (χ0n) is 17.2. The van der Waals surface area contributed by atoms with Crippen LogP contribution in [0.4, 0.5) is 0 Å². The molecule has 0 aliphatic heterocycles. The van der Waals surface area contributed by atoms with Gasteiger partial charge in [-0.1, -0.05) is 30.7 Å². The van der Waals surface area contributed by atoms with Gasteiger partial charge in [0.05, 0.1) is 5.69 Å². The highest BCUT2D eigenvalue weighted by atomic mass is 16.4. The monoisotopic (exact) mass is 380 g/mol. The Hall–Kier alpha value is -2.36. The van der Waals surface area contributed by atoms with Crippen LogP contribution in [0.2, 0.25) is 0 Å². The molecule has 4 heteroatoms. The largest absolute Gasteiger partial charge is 0.441 e. The summed E-state index contributed by atoms with van der Waals surface area (Å²) in [5, 5.41) is 3.05. The van der Waals surface area contributed by atoms with Gasteiger partial charge in [0.25, 0.3) is 0 Å². The van der Waals surface area contributed by atoms with Gasteiger partial charge in [0, 0.05) is 18.5 Å². The number of carbonyl (C=O) groups excluding carboxylic acids is 1. The van der Waals surface area contributed by atoms with Crippen LogP contribution in [0.3, 0.4) is 0 Å². The highest BCUT2D eigenvalue weighted by Gasteiger charge is 2.12. The first-order valence-corrected chi connectivity index (χ1v) is 10.7. The van der Waals surface area contributed by atoms with Gasteiger partial charge in [-0.05, 0) is 76.0 Å². The lowest BCUT2D eigenvalue weighted by Crippen LogP contribution is -2.24. The Kier molecular flexibility index (Phi) is 7.46. The quantitative estimate of drug-likeness (QED) is 0.581. The fourth-order valence-corrected chi connectivity index (χ4v) is 3.67. The van der Waals surface area contributed by atoms with E-state index in [2.05, 4.69) is 47.6 Å². The van der Waals surface area contributed by atoms with E-state index in [1.54, 1.807) is 0 Å². The summed E-state index contributed by atoms with van der Waals surface area (Å²) < 4.78 is 5.85. The van der Waals surface area contributed by atoms with Gasteiger partial charge < -0.3 is 9.73 Å². The Balaban J connectivity index is 1.42. The summed E-state index contributed by atoms with van der Waals surface area (Å²) in [6, 6.07) is 8.34. The third kappa shape index (κ3) is 5.82. The number of aromatic nitrogens is 1. The number of allylic oxidation sites excluding steroid dienone is 1. The van der Waals surface area contributed by atoms with Crippen LogP contribution in [-0.2, 0) is 17.6 Å². The van der Waals surface area contributed by atoms with Crippen LogP contribution < -0.4 is 5.32 Å². The number of oxazole rings is 1. The van der Waals surface area contributed by atoms with E-state index in [-0.39, 0.29) is 5.91 Å². The fourth-order valence-electron chi connectivity index (χ4n) is 3.67. The number of hydrogen-bond acceptors (Lipinski definition) is 3. The average molecular weight is 381 g/mol. The molecule has 1 aliphatic carbocycles. The van der Waals surface area contributed by atoms with Crippen molar-refractivity contribution in [2.75, 3.05) is 6.54 Å². The standard InChI is InChI=1S/C24H32N2O2/c1-3-19-12-14-21(15-13-19)24-26-22(18(2)28-24)10-7-11-23(27)25-17-16-20-8-5-4-6-9-20/h8,12-15H,3-7,9-11,16-17H2,1-2H3,(H,25,27). The maximum Gasteiger partial charge on any atom is 0.226 e. The van der Waals surface area contributed by atoms with Gasteiger partial charge in [-0.3, -0.25) is 4.79 Å². The molecule has 0 saturated carbocycles. The molecule has 0 bridgehead atoms. The van der Waals surface area contributed by atoms with Crippen molar-refractivity contribution in [3.05, 3.63) is 52.9 Å². The predicted molar refractivity (Wildman–Crippen MR) is 113 cm³/mol. The molecule has 0 atom stereocenters. The van der Waals surface area contributed by atoms with Crippen LogP contribution in [0, 0.1) is 6.92 Å². The Bertz CT molecular complexity index is 803. The minimum atomic E-state index is 0.132. The average Bonchev–Trinajstić information content (AvgIpc) is 3.09. The Morgan fingerprint density at radius 3 is 2.71 bits per heavy atom. The summed E-state index contributed by atoms with van der Waals surface area (Å²) in [5.74, 6) is 1.65. The molecule has 150 valence electrons. The second-order valence-electron chi connectivity index (χ2n) is 7.63. The Morgan fingerprint density at radius 2 is 2.00 bits per heavy atom. The van der Waals surface area contributed by atoms with Crippen molar-refractivity contribution in [1.82, 2.24) is 10.3 Å². The number of hydrogen-bond donors (Lipinski definition) is 1. The number of benzene rings is 1. The zero-order valence-corrected chi connectivity index (χ0v) is 17.2. The summed E-state index contributed by atoms with van der Waals surface area (Å²) in [4.78, 5) is 16.7. The molecule has 3 rings (SSSR count). The maximum atomic E-state index is 12.1. The smallest absolute Gasteiger partial charge is 0.226 e. The Morgan fingerprint density at radius 1 is 1.18 bits per heavy atom. The topological polar surface area (TPSA) is 55.1 Å². The lowest BCUT2D eigenvalue weighted by atomic mass is 9.97. The van der Waals surface area contributed by atoms with Gasteiger partial charge >= 0.3 is 0 Å². The van der Waals surface area contributed by atoms with E-state index in [0.29, 0.717) is 12.3 Å². The van der Waals surface area contributed by atoms with Crippen LogP contribution in [0.5, 0.6) is 0 Å². The highest BCUT2D eigenvalue weighted by Crippen LogP contribution is 2.23. The summed E-state index contributed by atoms with van der Waals surface area (Å²) in [6.45, 7) is 4.85. The molecule has 28 heavy (non-hydrogen) atoms. The van der Waals surface area contributed by atoms with E-state index in [0.717, 1.165) is 49.2 Å². The van der Waals surface area contributed by atoms with Gasteiger partial charge in [0.15, 0.2) is 0 Å². The van der Waals surface area contributed by atoms with E-state index in [1.165, 1.54) is 36.8 Å². The molecule has 4 nitrogen and oxygen atoms in total. The molecular weight excluding hydrogens is 348 g/mol. The third-order valence-electron chi connectivity index (χ3n) is 5.47. The van der Waals surface area contributed by atoms with Gasteiger partial charge in [0.1, 0.15) is 5.76 Å². The first-order chi connectivity index (χ1) is 13.7. The molecule has 1 aromatic carbocycles. The molecule has 1 N–H and O–H groups in total. The lowest BCUT2D eigenvalue weighted by molar-refractivity contribution is -0.121. The minimum Gasteiger partial charge on any atom is -0.441 e. The van der Waals surface area contributed by atoms with Crippen LogP contribution in [0.1, 0.15) is 68.9 Å². The van der Waals surface area contributed by atoms with Crippen LogP contribution in [-0.4, -0.2) is 17.4 Å². The Labute approximate surface area is 168 Å². The molecule has 1 heterocycles. The number of nitrogens with one attached hydrogen (secondary N) is 1. The molecule has 2 aromatic rings. The normalized spacial score (nSPS) is 14.0. The minimum absolute atomic E-state index is 0.132. The molecule has 0 spiro atoms. The summed E-state index contributed by atoms with van der Waals surface area (Å²) in [7, 11) is 0. The van der Waals surface area contributed by atoms with E-state index in [1.807, 2.05) is 6.92 Å². The molecule has 1 aromatic heterocycles. The van der Waals surface area contributed by atoms with Crippen molar-refractivity contribution in [2.24, 2.45) is 0 Å². The van der Waals surface area contributed by atoms with Crippen LogP contribution in [0.15, 0.2) is 40.3 Å².